The SMILES string of the molecule is CC(C)c1cnc(-c2ccc(F)cc2)nc1Nc1ccnc2[nH]cc(N3CCN(C(=O)OC(C)(C)C)[C@H](C)C3)c12. The van der Waals surface area contributed by atoms with E-state index in [0.717, 1.165) is 33.5 Å². The van der Waals surface area contributed by atoms with Gasteiger partial charge in [0, 0.05) is 55.4 Å². The zero-order chi connectivity index (χ0) is 28.6. The van der Waals surface area contributed by atoms with Crippen LogP contribution < -0.4 is 10.2 Å². The van der Waals surface area contributed by atoms with Gasteiger partial charge in [-0.05, 0) is 63.9 Å². The predicted octanol–water partition coefficient (Wildman–Crippen LogP) is 6.47. The number of halogens is 1. The van der Waals surface area contributed by atoms with Crippen LogP contribution in [0.1, 0.15) is 53.0 Å². The van der Waals surface area contributed by atoms with E-state index in [1.807, 2.05) is 46.2 Å². The number of hydrogen-bond acceptors (Lipinski definition) is 7. The second kappa shape index (κ2) is 10.7. The van der Waals surface area contributed by atoms with E-state index in [1.165, 1.54) is 12.1 Å². The minimum atomic E-state index is -0.538. The average molecular weight is 546 g/mol. The van der Waals surface area contributed by atoms with Gasteiger partial charge < -0.3 is 24.8 Å². The summed E-state index contributed by atoms with van der Waals surface area (Å²) in [5.41, 5.74) is 3.77. The van der Waals surface area contributed by atoms with E-state index in [-0.39, 0.29) is 23.9 Å². The summed E-state index contributed by atoms with van der Waals surface area (Å²) in [6.45, 7) is 13.7. The fourth-order valence-corrected chi connectivity index (χ4v) is 4.94. The van der Waals surface area contributed by atoms with Crippen molar-refractivity contribution in [3.8, 4) is 11.4 Å². The van der Waals surface area contributed by atoms with Gasteiger partial charge in [0.05, 0.1) is 16.8 Å². The highest BCUT2D eigenvalue weighted by Gasteiger charge is 2.32. The number of nitrogens with one attached hydrogen (secondary N) is 2. The number of anilines is 3. The fourth-order valence-electron chi connectivity index (χ4n) is 4.94. The Morgan fingerprint density at radius 1 is 1.15 bits per heavy atom. The molecule has 9 nitrogen and oxygen atoms in total. The molecule has 4 heterocycles. The van der Waals surface area contributed by atoms with Crippen molar-refractivity contribution in [1.29, 1.82) is 0 Å². The minimum Gasteiger partial charge on any atom is -0.444 e. The summed E-state index contributed by atoms with van der Waals surface area (Å²) in [7, 11) is 0. The maximum Gasteiger partial charge on any atom is 0.410 e. The number of piperazine rings is 1. The number of fused-ring (bicyclic) bond motifs is 1. The van der Waals surface area contributed by atoms with Crippen LogP contribution in [0, 0.1) is 5.82 Å². The van der Waals surface area contributed by atoms with E-state index in [1.54, 1.807) is 23.2 Å². The lowest BCUT2D eigenvalue weighted by atomic mass is 10.1. The number of pyridine rings is 1. The van der Waals surface area contributed by atoms with Gasteiger partial charge in [-0.2, -0.15) is 0 Å². The molecule has 0 spiro atoms. The van der Waals surface area contributed by atoms with Crippen molar-refractivity contribution in [2.75, 3.05) is 29.9 Å². The molecule has 4 aromatic rings. The molecule has 210 valence electrons. The molecule has 1 fully saturated rings. The van der Waals surface area contributed by atoms with Crippen LogP contribution in [-0.4, -0.2) is 62.2 Å². The van der Waals surface area contributed by atoms with Crippen molar-refractivity contribution in [3.63, 3.8) is 0 Å². The number of amides is 1. The van der Waals surface area contributed by atoms with Gasteiger partial charge in [0.2, 0.25) is 0 Å². The number of aromatic nitrogens is 4. The fraction of sp³-hybridized carbons (Fsp3) is 0.400. The molecular weight excluding hydrogens is 509 g/mol. The van der Waals surface area contributed by atoms with Crippen LogP contribution in [0.4, 0.5) is 26.4 Å². The Labute approximate surface area is 233 Å². The summed E-state index contributed by atoms with van der Waals surface area (Å²) in [5, 5.41) is 4.49. The standard InChI is InChI=1S/C30H36FN7O2/c1-18(2)22-15-33-26(20-7-9-21(31)10-8-20)36-27(22)35-23-11-12-32-28-25(23)24(16-34-28)37-13-14-38(19(3)17-37)29(39)40-30(4,5)6/h7-12,15-16,18-19H,13-14,17H2,1-6H3,(H2,32,33,34,35,36)/t19-/m1/s1. The van der Waals surface area contributed by atoms with Crippen molar-refractivity contribution in [2.45, 2.75) is 59.1 Å². The first-order valence-corrected chi connectivity index (χ1v) is 13.6. The van der Waals surface area contributed by atoms with Gasteiger partial charge in [0.15, 0.2) is 5.82 Å². The van der Waals surface area contributed by atoms with E-state index < -0.39 is 5.60 Å². The minimum absolute atomic E-state index is 0.0331. The van der Waals surface area contributed by atoms with Gasteiger partial charge in [0.25, 0.3) is 0 Å². The molecule has 0 aliphatic carbocycles. The van der Waals surface area contributed by atoms with E-state index >= 15 is 0 Å². The zero-order valence-corrected chi connectivity index (χ0v) is 23.8. The van der Waals surface area contributed by atoms with Crippen molar-refractivity contribution in [1.82, 2.24) is 24.8 Å². The highest BCUT2D eigenvalue weighted by atomic mass is 19.1. The van der Waals surface area contributed by atoms with E-state index in [9.17, 15) is 9.18 Å². The third-order valence-electron chi connectivity index (χ3n) is 6.94. The van der Waals surface area contributed by atoms with Crippen molar-refractivity contribution in [2.24, 2.45) is 0 Å². The second-order valence-corrected chi connectivity index (χ2v) is 11.5. The molecule has 1 aromatic carbocycles. The lowest BCUT2D eigenvalue weighted by Gasteiger charge is -2.41. The highest BCUT2D eigenvalue weighted by molar-refractivity contribution is 6.01. The van der Waals surface area contributed by atoms with Crippen LogP contribution in [0.25, 0.3) is 22.4 Å². The number of H-pyrrole nitrogens is 1. The summed E-state index contributed by atoms with van der Waals surface area (Å²) >= 11 is 0. The van der Waals surface area contributed by atoms with Crippen LogP contribution >= 0.6 is 0 Å². The van der Waals surface area contributed by atoms with Crippen LogP contribution in [0.2, 0.25) is 0 Å². The summed E-state index contributed by atoms with van der Waals surface area (Å²) in [6.07, 6.45) is 5.26. The molecule has 1 saturated heterocycles. The molecule has 0 saturated carbocycles. The van der Waals surface area contributed by atoms with Gasteiger partial charge in [-0.1, -0.05) is 13.8 Å². The Bertz CT molecular complexity index is 1510. The highest BCUT2D eigenvalue weighted by Crippen LogP contribution is 2.36. The molecule has 2 N–H and O–H groups in total. The second-order valence-electron chi connectivity index (χ2n) is 11.5. The largest absolute Gasteiger partial charge is 0.444 e. The molecule has 3 aromatic heterocycles. The number of carbonyl (C=O) groups excluding carboxylic acids is 1. The number of carbonyl (C=O) groups is 1. The summed E-state index contributed by atoms with van der Waals surface area (Å²) in [5.74, 6) is 1.07. The maximum atomic E-state index is 13.5. The third-order valence-corrected chi connectivity index (χ3v) is 6.94. The summed E-state index contributed by atoms with van der Waals surface area (Å²) < 4.78 is 19.1. The first kappa shape index (κ1) is 27.4. The lowest BCUT2D eigenvalue weighted by Crippen LogP contribution is -2.55. The zero-order valence-electron chi connectivity index (χ0n) is 23.8. The topological polar surface area (TPSA) is 99.3 Å². The molecule has 1 atom stereocenters. The summed E-state index contributed by atoms with van der Waals surface area (Å²) in [4.78, 5) is 34.1. The van der Waals surface area contributed by atoms with Crippen LogP contribution in [-0.2, 0) is 4.74 Å². The van der Waals surface area contributed by atoms with E-state index in [0.29, 0.717) is 31.3 Å². The molecule has 10 heteroatoms. The average Bonchev–Trinajstić information content (AvgIpc) is 3.33. The number of nitrogens with zero attached hydrogens (tertiary/aromatic N) is 5. The molecular formula is C30H36FN7O2. The van der Waals surface area contributed by atoms with E-state index in [2.05, 4.69) is 39.0 Å². The van der Waals surface area contributed by atoms with E-state index in [4.69, 9.17) is 9.72 Å². The lowest BCUT2D eigenvalue weighted by molar-refractivity contribution is 0.0159. The molecule has 0 bridgehead atoms. The smallest absolute Gasteiger partial charge is 0.410 e. The van der Waals surface area contributed by atoms with Gasteiger partial charge in [-0.15, -0.1) is 0 Å². The molecule has 1 amide bonds. The van der Waals surface area contributed by atoms with Crippen LogP contribution in [0.15, 0.2) is 48.9 Å². The van der Waals surface area contributed by atoms with Gasteiger partial charge in [0.1, 0.15) is 22.9 Å². The Morgan fingerprint density at radius 2 is 1.90 bits per heavy atom. The molecule has 40 heavy (non-hydrogen) atoms. The van der Waals surface area contributed by atoms with Crippen molar-refractivity contribution >= 4 is 34.3 Å². The number of aromatic amines is 1. The molecule has 0 unspecified atom stereocenters. The van der Waals surface area contributed by atoms with Gasteiger partial charge >= 0.3 is 6.09 Å². The normalized spacial score (nSPS) is 16.1. The number of hydrogen-bond donors (Lipinski definition) is 2. The monoisotopic (exact) mass is 545 g/mol. The molecule has 0 radical (unpaired) electrons. The van der Waals surface area contributed by atoms with Crippen molar-refractivity contribution < 1.29 is 13.9 Å². The third kappa shape index (κ3) is 5.71. The van der Waals surface area contributed by atoms with Crippen LogP contribution in [0.5, 0.6) is 0 Å². The molecule has 1 aliphatic heterocycles. The number of benzene rings is 1. The first-order valence-electron chi connectivity index (χ1n) is 13.6. The quantitative estimate of drug-likeness (QED) is 0.296. The van der Waals surface area contributed by atoms with Crippen LogP contribution in [0.3, 0.4) is 0 Å². The summed E-state index contributed by atoms with van der Waals surface area (Å²) in [6, 6.07) is 8.07. The number of ether oxygens (including phenoxy) is 1. The Hall–Kier alpha value is -4.21. The Kier molecular flexibility index (Phi) is 7.35. The van der Waals surface area contributed by atoms with Gasteiger partial charge in [-0.25, -0.2) is 24.1 Å². The van der Waals surface area contributed by atoms with Gasteiger partial charge in [-0.3, -0.25) is 0 Å². The Morgan fingerprint density at radius 3 is 2.58 bits per heavy atom. The number of rotatable bonds is 5. The predicted molar refractivity (Wildman–Crippen MR) is 156 cm³/mol. The van der Waals surface area contributed by atoms with Crippen molar-refractivity contribution in [3.05, 3.63) is 60.3 Å². The molecule has 5 rings (SSSR count). The first-order chi connectivity index (χ1) is 19.0. The molecule has 1 aliphatic rings. The Balaban J connectivity index is 1.45. The maximum absolute atomic E-state index is 13.5.